The molecule has 7 rings (SSSR count). The molecule has 0 bridgehead atoms. The smallest absolute Gasteiger partial charge is 0.336 e. The summed E-state index contributed by atoms with van der Waals surface area (Å²) in [5, 5.41) is 14.8. The highest BCUT2D eigenvalue weighted by atomic mass is 16.5. The fourth-order valence-electron chi connectivity index (χ4n) is 6.72. The second kappa shape index (κ2) is 13.6. The molecule has 2 fully saturated rings. The van der Waals surface area contributed by atoms with Gasteiger partial charge in [0.15, 0.2) is 19.0 Å². The van der Waals surface area contributed by atoms with E-state index >= 15 is 0 Å². The molecule has 3 aliphatic heterocycles. The number of carbonyl (C=O) groups is 3. The summed E-state index contributed by atoms with van der Waals surface area (Å²) < 4.78 is 19.1. The van der Waals surface area contributed by atoms with E-state index in [9.17, 15) is 19.5 Å². The van der Waals surface area contributed by atoms with Crippen molar-refractivity contribution in [2.45, 2.75) is 13.3 Å². The van der Waals surface area contributed by atoms with Crippen LogP contribution >= 0.6 is 0 Å². The van der Waals surface area contributed by atoms with Gasteiger partial charge >= 0.3 is 11.9 Å². The molecule has 1 aliphatic carbocycles. The van der Waals surface area contributed by atoms with Crippen LogP contribution in [0.1, 0.15) is 23.7 Å². The molecule has 0 aromatic heterocycles. The van der Waals surface area contributed by atoms with E-state index in [1.54, 1.807) is 31.4 Å². The summed E-state index contributed by atoms with van der Waals surface area (Å²) in [6, 6.07) is 24.5. The highest BCUT2D eigenvalue weighted by Crippen LogP contribution is 2.42. The highest BCUT2D eigenvalue weighted by Gasteiger charge is 2.38. The van der Waals surface area contributed by atoms with Crippen LogP contribution in [0.25, 0.3) is 33.4 Å². The Hall–Kier alpha value is -5.84. The first kappa shape index (κ1) is 32.7. The maximum Gasteiger partial charge on any atom is 0.336 e. The molecule has 3 aromatic rings. The van der Waals surface area contributed by atoms with Crippen LogP contribution in [0.3, 0.4) is 0 Å². The maximum atomic E-state index is 13.3. The predicted octanol–water partition coefficient (Wildman–Crippen LogP) is 5.16. The maximum absolute atomic E-state index is 13.3. The minimum Gasteiger partial charge on any atom is -0.495 e. The monoisotopic (exact) mass is 675 g/mol. The van der Waals surface area contributed by atoms with E-state index in [0.29, 0.717) is 48.0 Å². The lowest BCUT2D eigenvalue weighted by Crippen LogP contribution is -2.53. The first-order chi connectivity index (χ1) is 24.3. The quantitative estimate of drug-likeness (QED) is 0.117. The number of hydrogen-bond donors (Lipinski definition) is 2. The number of carboxylic acids is 1. The zero-order valence-electron chi connectivity index (χ0n) is 28.3. The third-order valence-electron chi connectivity index (χ3n) is 9.67. The number of benzene rings is 4. The van der Waals surface area contributed by atoms with Crippen molar-refractivity contribution in [3.05, 3.63) is 89.8 Å². The number of fused-ring (bicyclic) bond motifs is 2. The Labute approximate surface area is 289 Å². The van der Waals surface area contributed by atoms with E-state index in [1.165, 1.54) is 7.11 Å². The minimum atomic E-state index is -0.989. The van der Waals surface area contributed by atoms with Gasteiger partial charge in [-0.15, -0.1) is 0 Å². The summed E-state index contributed by atoms with van der Waals surface area (Å²) in [6.45, 7) is 5.64. The third kappa shape index (κ3) is 6.11. The number of carbonyl (C=O) groups excluding carboxylic acids is 2. The molecule has 3 heterocycles. The average molecular weight is 676 g/mol. The van der Waals surface area contributed by atoms with Gasteiger partial charge in [-0.1, -0.05) is 18.2 Å². The van der Waals surface area contributed by atoms with Crippen LogP contribution in [0, 0.1) is 5.92 Å². The Kier molecular flexibility index (Phi) is 8.88. The molecule has 1 amide bonds. The Morgan fingerprint density at radius 1 is 0.980 bits per heavy atom. The van der Waals surface area contributed by atoms with Crippen molar-refractivity contribution >= 4 is 45.9 Å². The van der Waals surface area contributed by atoms with Crippen molar-refractivity contribution < 1.29 is 33.4 Å². The molecule has 11 nitrogen and oxygen atoms in total. The molecule has 0 unspecified atom stereocenters. The number of anilines is 3. The topological polar surface area (TPSA) is 125 Å². The molecule has 4 aliphatic rings. The summed E-state index contributed by atoms with van der Waals surface area (Å²) in [4.78, 5) is 41.6. The molecule has 2 N–H and O–H groups in total. The van der Waals surface area contributed by atoms with Gasteiger partial charge in [-0.05, 0) is 55.3 Å². The average Bonchev–Trinajstić information content (AvgIpc) is 3.08. The van der Waals surface area contributed by atoms with Crippen LogP contribution in [0.5, 0.6) is 5.75 Å². The zero-order valence-corrected chi connectivity index (χ0v) is 28.3. The molecule has 0 atom stereocenters. The first-order valence-corrected chi connectivity index (χ1v) is 16.7. The van der Waals surface area contributed by atoms with E-state index in [0.717, 1.165) is 52.8 Å². The zero-order chi connectivity index (χ0) is 34.9. The summed E-state index contributed by atoms with van der Waals surface area (Å²) in [6.07, 6.45) is 1.15. The molecule has 50 heavy (non-hydrogen) atoms. The lowest BCUT2D eigenvalue weighted by atomic mass is 9.90. The van der Waals surface area contributed by atoms with Gasteiger partial charge < -0.3 is 34.1 Å². The minimum absolute atomic E-state index is 0.0851. The van der Waals surface area contributed by atoms with Crippen molar-refractivity contribution in [2.24, 2.45) is 5.92 Å². The largest absolute Gasteiger partial charge is 0.495 e. The number of rotatable bonds is 10. The van der Waals surface area contributed by atoms with Gasteiger partial charge in [0, 0.05) is 65.7 Å². The van der Waals surface area contributed by atoms with Crippen molar-refractivity contribution in [2.75, 3.05) is 68.6 Å². The van der Waals surface area contributed by atoms with E-state index in [-0.39, 0.29) is 29.9 Å². The van der Waals surface area contributed by atoms with Gasteiger partial charge in [-0.2, -0.15) is 0 Å². The normalized spacial score (nSPS) is 15.3. The number of aromatic carboxylic acids is 1. The highest BCUT2D eigenvalue weighted by molar-refractivity contribution is 6.07. The fourth-order valence-corrected chi connectivity index (χ4v) is 6.72. The van der Waals surface area contributed by atoms with Crippen molar-refractivity contribution in [1.82, 2.24) is 4.58 Å². The number of likely N-dealkylation sites (N-methyl/N-ethyl adjacent to an activating group) is 1. The number of methoxy groups -OCH3 is 2. The van der Waals surface area contributed by atoms with Gasteiger partial charge in [0.2, 0.25) is 11.3 Å². The van der Waals surface area contributed by atoms with Crippen LogP contribution in [0.15, 0.2) is 83.3 Å². The predicted molar refractivity (Wildman–Crippen MR) is 192 cm³/mol. The molecule has 2 saturated heterocycles. The standard InChI is InChI=1S/C39H38N4O7/c1-4-41(23-36(44)49-3)32-15-10-25(18-35(32)48-2)40-38(45)24-21-43(22-24)27-12-14-31-34(20-27)50-33-19-26(42-16-7-17-42)11-13-30(33)37(31)28-8-5-6-9-29(28)39(46)47/h5-6,8-15,18-20,24H,4,7,16-17,21-23H2,1-3H3,(H-,40,45,46,47)/p+1. The van der Waals surface area contributed by atoms with Gasteiger partial charge in [0.05, 0.1) is 31.5 Å². The Morgan fingerprint density at radius 3 is 2.48 bits per heavy atom. The van der Waals surface area contributed by atoms with Gasteiger partial charge in [-0.3, -0.25) is 9.59 Å². The number of nitrogens with zero attached hydrogens (tertiary/aromatic N) is 3. The third-order valence-corrected chi connectivity index (χ3v) is 9.67. The Balaban J connectivity index is 1.17. The van der Waals surface area contributed by atoms with E-state index in [4.69, 9.17) is 13.9 Å². The molecular weight excluding hydrogens is 636 g/mol. The van der Waals surface area contributed by atoms with Crippen LogP contribution in [-0.4, -0.2) is 76.4 Å². The van der Waals surface area contributed by atoms with Crippen LogP contribution in [0.2, 0.25) is 0 Å². The number of ether oxygens (including phenoxy) is 2. The van der Waals surface area contributed by atoms with Crippen LogP contribution in [-0.2, 0) is 14.3 Å². The summed E-state index contributed by atoms with van der Waals surface area (Å²) >= 11 is 0. The molecule has 11 heteroatoms. The molecule has 0 radical (unpaired) electrons. The number of esters is 1. The number of amides is 1. The number of nitrogens with one attached hydrogen (secondary N) is 1. The Morgan fingerprint density at radius 2 is 1.78 bits per heavy atom. The number of carboxylic acid groups (broad SMARTS) is 1. The molecule has 256 valence electrons. The number of hydrogen-bond acceptors (Lipinski definition) is 8. The molecule has 0 spiro atoms. The lowest BCUT2D eigenvalue weighted by Gasteiger charge is -2.33. The van der Waals surface area contributed by atoms with Crippen LogP contribution in [0.4, 0.5) is 17.1 Å². The van der Waals surface area contributed by atoms with E-state index < -0.39 is 5.97 Å². The van der Waals surface area contributed by atoms with Gasteiger partial charge in [0.25, 0.3) is 0 Å². The van der Waals surface area contributed by atoms with Crippen molar-refractivity contribution in [3.8, 4) is 28.2 Å². The van der Waals surface area contributed by atoms with E-state index in [2.05, 4.69) is 20.9 Å². The SMILES string of the molecule is CCN(CC(=O)OC)c1ccc(NC(=O)C2C[N+](=c3ccc4c(-c5ccccc5C(=O)O)c5ccc(N6CCC6)cc5oc-4c3)C2)cc1OC. The Bertz CT molecular complexity index is 2160. The first-order valence-electron chi connectivity index (χ1n) is 16.7. The van der Waals surface area contributed by atoms with Gasteiger partial charge in [0.1, 0.15) is 23.6 Å². The van der Waals surface area contributed by atoms with Crippen molar-refractivity contribution in [1.29, 1.82) is 0 Å². The summed E-state index contributed by atoms with van der Waals surface area (Å²) in [5.41, 5.74) is 5.58. The lowest BCUT2D eigenvalue weighted by molar-refractivity contribution is -0.139. The fraction of sp³-hybridized carbons (Fsp3) is 0.282. The molecule has 3 aromatic carbocycles. The van der Waals surface area contributed by atoms with Crippen LogP contribution < -0.4 is 29.8 Å². The summed E-state index contributed by atoms with van der Waals surface area (Å²) in [7, 11) is 2.91. The van der Waals surface area contributed by atoms with Crippen molar-refractivity contribution in [3.63, 3.8) is 0 Å². The second-order valence-electron chi connectivity index (χ2n) is 12.6. The molecular formula is C39H39N4O7+. The molecule has 0 saturated carbocycles. The van der Waals surface area contributed by atoms with Gasteiger partial charge in [-0.25, -0.2) is 9.37 Å². The second-order valence-corrected chi connectivity index (χ2v) is 12.6. The van der Waals surface area contributed by atoms with E-state index in [1.807, 2.05) is 60.4 Å². The summed E-state index contributed by atoms with van der Waals surface area (Å²) in [5.74, 6) is -0.487.